The fourth-order valence-electron chi connectivity index (χ4n) is 1.80. The minimum atomic E-state index is -0.494. The van der Waals surface area contributed by atoms with E-state index in [-0.39, 0.29) is 6.03 Å². The molecule has 5 nitrogen and oxygen atoms in total. The van der Waals surface area contributed by atoms with Gasteiger partial charge in [0, 0.05) is 16.8 Å². The molecule has 2 aromatic rings. The first kappa shape index (κ1) is 16.0. The summed E-state index contributed by atoms with van der Waals surface area (Å²) in [4.78, 5) is 11.9. The molecule has 0 saturated heterocycles. The number of amides is 2. The summed E-state index contributed by atoms with van der Waals surface area (Å²) in [6.45, 7) is 1.74. The molecule has 0 bridgehead atoms. The number of hydrogen-bond acceptors (Lipinski definition) is 3. The Balaban J connectivity index is 1.86. The van der Waals surface area contributed by atoms with Crippen LogP contribution in [0.1, 0.15) is 6.92 Å². The predicted octanol–water partition coefficient (Wildman–Crippen LogP) is 3.90. The molecular weight excluding hydrogens is 304 g/mol. The summed E-state index contributed by atoms with van der Waals surface area (Å²) >= 11 is 5.80. The third-order valence-electron chi connectivity index (χ3n) is 2.79. The van der Waals surface area contributed by atoms with E-state index in [0.29, 0.717) is 22.2 Å². The molecule has 1 atom stereocenters. The molecule has 0 radical (unpaired) electrons. The molecule has 2 N–H and O–H groups in total. The molecule has 2 amide bonds. The summed E-state index contributed by atoms with van der Waals surface area (Å²) in [5.41, 5.74) is 0.635. The van der Waals surface area contributed by atoms with Crippen LogP contribution < -0.4 is 20.1 Å². The van der Waals surface area contributed by atoms with Crippen molar-refractivity contribution in [2.45, 2.75) is 13.2 Å². The molecule has 116 valence electrons. The second-order valence-electron chi connectivity index (χ2n) is 4.54. The maximum Gasteiger partial charge on any atom is 0.322 e. The quantitative estimate of drug-likeness (QED) is 0.821. The number of carbonyl (C=O) groups is 1. The number of methoxy groups -OCH3 is 1. The van der Waals surface area contributed by atoms with E-state index in [4.69, 9.17) is 21.1 Å². The Labute approximate surface area is 134 Å². The molecule has 2 rings (SSSR count). The van der Waals surface area contributed by atoms with Crippen LogP contribution in [0.25, 0.3) is 0 Å². The molecule has 0 aliphatic carbocycles. The summed E-state index contributed by atoms with van der Waals surface area (Å²) in [6.07, 6.45) is -0.494. The maximum absolute atomic E-state index is 11.9. The molecule has 22 heavy (non-hydrogen) atoms. The average Bonchev–Trinajstić information content (AvgIpc) is 2.49. The summed E-state index contributed by atoms with van der Waals surface area (Å²) in [6, 6.07) is 13.6. The first-order valence-electron chi connectivity index (χ1n) is 6.70. The van der Waals surface area contributed by atoms with Crippen molar-refractivity contribution in [2.24, 2.45) is 0 Å². The van der Waals surface area contributed by atoms with Crippen molar-refractivity contribution in [1.29, 1.82) is 0 Å². The van der Waals surface area contributed by atoms with Gasteiger partial charge in [-0.15, -0.1) is 0 Å². The van der Waals surface area contributed by atoms with Gasteiger partial charge in [-0.1, -0.05) is 17.7 Å². The Morgan fingerprint density at radius 2 is 1.86 bits per heavy atom. The van der Waals surface area contributed by atoms with Gasteiger partial charge in [-0.25, -0.2) is 4.79 Å². The van der Waals surface area contributed by atoms with Crippen LogP contribution in [0.3, 0.4) is 0 Å². The summed E-state index contributed by atoms with van der Waals surface area (Å²) in [5.74, 6) is 1.29. The minimum absolute atomic E-state index is 0.366. The lowest BCUT2D eigenvalue weighted by Gasteiger charge is -2.17. The van der Waals surface area contributed by atoms with Crippen molar-refractivity contribution >= 4 is 23.3 Å². The van der Waals surface area contributed by atoms with Crippen LogP contribution >= 0.6 is 11.6 Å². The summed E-state index contributed by atoms with van der Waals surface area (Å²) < 4.78 is 10.7. The first-order chi connectivity index (χ1) is 10.6. The molecular formula is C16H17ClN2O3. The Morgan fingerprint density at radius 3 is 2.55 bits per heavy atom. The van der Waals surface area contributed by atoms with Gasteiger partial charge in [-0.2, -0.15) is 0 Å². The molecule has 0 spiro atoms. The van der Waals surface area contributed by atoms with Gasteiger partial charge < -0.3 is 20.1 Å². The van der Waals surface area contributed by atoms with Gasteiger partial charge in [0.1, 0.15) is 11.5 Å². The first-order valence-corrected chi connectivity index (χ1v) is 7.08. The summed E-state index contributed by atoms with van der Waals surface area (Å²) in [5, 5.41) is 6.02. The van der Waals surface area contributed by atoms with Crippen LogP contribution in [-0.4, -0.2) is 19.4 Å². The van der Waals surface area contributed by atoms with E-state index in [2.05, 4.69) is 10.6 Å². The van der Waals surface area contributed by atoms with Crippen molar-refractivity contribution in [3.8, 4) is 11.5 Å². The zero-order valence-electron chi connectivity index (χ0n) is 12.3. The van der Waals surface area contributed by atoms with Gasteiger partial charge in [0.15, 0.2) is 6.23 Å². The molecule has 1 unspecified atom stereocenters. The van der Waals surface area contributed by atoms with Gasteiger partial charge >= 0.3 is 6.03 Å². The number of carbonyl (C=O) groups excluding carboxylic acids is 1. The second-order valence-corrected chi connectivity index (χ2v) is 4.98. The van der Waals surface area contributed by atoms with E-state index in [0.717, 1.165) is 0 Å². The number of nitrogens with one attached hydrogen (secondary N) is 2. The van der Waals surface area contributed by atoms with E-state index >= 15 is 0 Å². The van der Waals surface area contributed by atoms with Crippen molar-refractivity contribution in [2.75, 3.05) is 12.4 Å². The van der Waals surface area contributed by atoms with Crippen LogP contribution in [0.4, 0.5) is 10.5 Å². The van der Waals surface area contributed by atoms with Crippen LogP contribution in [0, 0.1) is 0 Å². The minimum Gasteiger partial charge on any atom is -0.497 e. The topological polar surface area (TPSA) is 59.6 Å². The largest absolute Gasteiger partial charge is 0.497 e. The normalized spacial score (nSPS) is 11.4. The lowest BCUT2D eigenvalue weighted by Crippen LogP contribution is -2.39. The van der Waals surface area contributed by atoms with Crippen LogP contribution in [0.5, 0.6) is 11.5 Å². The Bertz CT molecular complexity index is 632. The Hall–Kier alpha value is -2.40. The molecule has 0 saturated carbocycles. The van der Waals surface area contributed by atoms with Gasteiger partial charge in [-0.05, 0) is 43.3 Å². The van der Waals surface area contributed by atoms with Crippen molar-refractivity contribution in [3.05, 3.63) is 53.6 Å². The number of urea groups is 1. The number of ether oxygens (including phenoxy) is 2. The number of benzene rings is 2. The Kier molecular flexibility index (Phi) is 5.49. The monoisotopic (exact) mass is 320 g/mol. The fraction of sp³-hybridized carbons (Fsp3) is 0.188. The smallest absolute Gasteiger partial charge is 0.322 e. The van der Waals surface area contributed by atoms with E-state index < -0.39 is 6.23 Å². The van der Waals surface area contributed by atoms with Crippen molar-refractivity contribution in [1.82, 2.24) is 5.32 Å². The van der Waals surface area contributed by atoms with Gasteiger partial charge in [0.2, 0.25) is 0 Å². The lowest BCUT2D eigenvalue weighted by atomic mass is 10.3. The lowest BCUT2D eigenvalue weighted by molar-refractivity contribution is 0.183. The van der Waals surface area contributed by atoms with Crippen LogP contribution in [0.15, 0.2) is 48.5 Å². The molecule has 2 aromatic carbocycles. The zero-order valence-corrected chi connectivity index (χ0v) is 13.1. The van der Waals surface area contributed by atoms with E-state index in [9.17, 15) is 4.79 Å². The van der Waals surface area contributed by atoms with Crippen LogP contribution in [-0.2, 0) is 0 Å². The summed E-state index contributed by atoms with van der Waals surface area (Å²) in [7, 11) is 1.57. The van der Waals surface area contributed by atoms with E-state index in [1.54, 1.807) is 62.6 Å². The van der Waals surface area contributed by atoms with Gasteiger partial charge in [0.25, 0.3) is 0 Å². The SMILES string of the molecule is COc1cccc(NC(=O)NC(C)Oc2ccc(Cl)cc2)c1. The van der Waals surface area contributed by atoms with Gasteiger partial charge in [0.05, 0.1) is 7.11 Å². The molecule has 0 fully saturated rings. The number of hydrogen-bond donors (Lipinski definition) is 2. The van der Waals surface area contributed by atoms with E-state index in [1.165, 1.54) is 0 Å². The third-order valence-corrected chi connectivity index (χ3v) is 3.04. The number of rotatable bonds is 5. The molecule has 0 aliphatic rings. The molecule has 0 aromatic heterocycles. The van der Waals surface area contributed by atoms with Crippen molar-refractivity contribution < 1.29 is 14.3 Å². The molecule has 6 heteroatoms. The maximum atomic E-state index is 11.9. The fourth-order valence-corrected chi connectivity index (χ4v) is 1.93. The van der Waals surface area contributed by atoms with Crippen LogP contribution in [0.2, 0.25) is 5.02 Å². The van der Waals surface area contributed by atoms with Crippen molar-refractivity contribution in [3.63, 3.8) is 0 Å². The van der Waals surface area contributed by atoms with Gasteiger partial charge in [-0.3, -0.25) is 0 Å². The van der Waals surface area contributed by atoms with E-state index in [1.807, 2.05) is 0 Å². The molecule has 0 heterocycles. The highest BCUT2D eigenvalue weighted by molar-refractivity contribution is 6.30. The highest BCUT2D eigenvalue weighted by atomic mass is 35.5. The highest BCUT2D eigenvalue weighted by Crippen LogP contribution is 2.17. The third kappa shape index (κ3) is 4.86. The highest BCUT2D eigenvalue weighted by Gasteiger charge is 2.09. The molecule has 0 aliphatic heterocycles. The predicted molar refractivity (Wildman–Crippen MR) is 86.7 cm³/mol. The standard InChI is InChI=1S/C16H17ClN2O3/c1-11(22-14-8-6-12(17)7-9-14)18-16(20)19-13-4-3-5-15(10-13)21-2/h3-11H,1-2H3,(H2,18,19,20). The number of anilines is 1. The number of halogens is 1. The zero-order chi connectivity index (χ0) is 15.9. The average molecular weight is 321 g/mol. The second kappa shape index (κ2) is 7.56. The Morgan fingerprint density at radius 1 is 1.14 bits per heavy atom.